The molecule has 0 spiro atoms. The second-order valence-electron chi connectivity index (χ2n) is 4.47. The lowest BCUT2D eigenvalue weighted by molar-refractivity contribution is 0.0473. The highest BCUT2D eigenvalue weighted by Gasteiger charge is 2.16. The largest absolute Gasteiger partial charge is 0.495 e. The van der Waals surface area contributed by atoms with Gasteiger partial charge in [-0.25, -0.2) is 9.18 Å². The first-order chi connectivity index (χ1) is 10.9. The average Bonchev–Trinajstić information content (AvgIpc) is 2.54. The summed E-state index contributed by atoms with van der Waals surface area (Å²) in [4.78, 5) is 23.9. The first-order valence-corrected chi connectivity index (χ1v) is 7.58. The van der Waals surface area contributed by atoms with Crippen LogP contribution >= 0.6 is 27.5 Å². The topological polar surface area (TPSA) is 52.6 Å². The molecule has 0 saturated carbocycles. The number of halogens is 3. The molecule has 120 valence electrons. The van der Waals surface area contributed by atoms with Crippen molar-refractivity contribution < 1.29 is 23.5 Å². The van der Waals surface area contributed by atoms with Gasteiger partial charge in [-0.3, -0.25) is 4.79 Å². The summed E-state index contributed by atoms with van der Waals surface area (Å²) in [5.41, 5.74) is 0.285. The number of hydrogen-bond acceptors (Lipinski definition) is 4. The molecule has 0 amide bonds. The number of hydrogen-bond donors (Lipinski definition) is 0. The second kappa shape index (κ2) is 7.57. The standard InChI is InChI=1S/C16H11BrClFO4/c1-22-15-5-2-9(6-13(15)18)14(20)8-23-16(21)11-7-10(19)3-4-12(11)17/h2-7H,8H2,1H3. The maximum atomic E-state index is 13.2. The molecule has 4 nitrogen and oxygen atoms in total. The molecule has 0 radical (unpaired) electrons. The molecule has 7 heteroatoms. The van der Waals surface area contributed by atoms with Crippen LogP contribution in [0.3, 0.4) is 0 Å². The number of Topliss-reactive ketones (excluding diaryl/α,β-unsaturated/α-hetero) is 1. The van der Waals surface area contributed by atoms with Crippen molar-refractivity contribution in [1.82, 2.24) is 0 Å². The van der Waals surface area contributed by atoms with Gasteiger partial charge >= 0.3 is 5.97 Å². The number of ether oxygens (including phenoxy) is 2. The van der Waals surface area contributed by atoms with E-state index in [9.17, 15) is 14.0 Å². The highest BCUT2D eigenvalue weighted by atomic mass is 79.9. The summed E-state index contributed by atoms with van der Waals surface area (Å²) < 4.78 is 23.5. The summed E-state index contributed by atoms with van der Waals surface area (Å²) in [5.74, 6) is -1.38. The first kappa shape index (κ1) is 17.4. The van der Waals surface area contributed by atoms with Crippen molar-refractivity contribution in [3.05, 3.63) is 62.8 Å². The van der Waals surface area contributed by atoms with E-state index in [1.54, 1.807) is 6.07 Å². The Kier molecular flexibility index (Phi) is 5.74. The van der Waals surface area contributed by atoms with Crippen LogP contribution in [0.4, 0.5) is 4.39 Å². The van der Waals surface area contributed by atoms with Gasteiger partial charge < -0.3 is 9.47 Å². The Morgan fingerprint density at radius 1 is 1.22 bits per heavy atom. The van der Waals surface area contributed by atoms with Gasteiger partial charge in [-0.1, -0.05) is 11.6 Å². The van der Waals surface area contributed by atoms with Crippen molar-refractivity contribution in [1.29, 1.82) is 0 Å². The van der Waals surface area contributed by atoms with Crippen LogP contribution in [0.5, 0.6) is 5.75 Å². The summed E-state index contributed by atoms with van der Waals surface area (Å²) in [6.07, 6.45) is 0. The Bertz CT molecular complexity index is 764. The van der Waals surface area contributed by atoms with E-state index in [2.05, 4.69) is 15.9 Å². The van der Waals surface area contributed by atoms with Crippen LogP contribution in [0.1, 0.15) is 20.7 Å². The smallest absolute Gasteiger partial charge is 0.339 e. The molecule has 0 fully saturated rings. The molecule has 0 N–H and O–H groups in total. The van der Waals surface area contributed by atoms with Gasteiger partial charge in [0, 0.05) is 10.0 Å². The third-order valence-corrected chi connectivity index (χ3v) is 3.94. The lowest BCUT2D eigenvalue weighted by Crippen LogP contribution is -2.15. The van der Waals surface area contributed by atoms with Gasteiger partial charge in [-0.05, 0) is 52.3 Å². The molecule has 0 atom stereocenters. The highest BCUT2D eigenvalue weighted by molar-refractivity contribution is 9.10. The van der Waals surface area contributed by atoms with E-state index in [-0.39, 0.29) is 16.1 Å². The summed E-state index contributed by atoms with van der Waals surface area (Å²) in [5, 5.41) is 0.276. The molecule has 0 aromatic heterocycles. The molecular formula is C16H11BrClFO4. The van der Waals surface area contributed by atoms with E-state index in [0.717, 1.165) is 6.07 Å². The minimum atomic E-state index is -0.802. The molecule has 0 bridgehead atoms. The summed E-state index contributed by atoms with van der Waals surface area (Å²) in [6, 6.07) is 8.09. The van der Waals surface area contributed by atoms with Crippen LogP contribution in [0.25, 0.3) is 0 Å². The minimum Gasteiger partial charge on any atom is -0.495 e. The van der Waals surface area contributed by atoms with Crippen molar-refractivity contribution in [3.63, 3.8) is 0 Å². The van der Waals surface area contributed by atoms with Crippen LogP contribution in [0.15, 0.2) is 40.9 Å². The fourth-order valence-electron chi connectivity index (χ4n) is 1.79. The fourth-order valence-corrected chi connectivity index (χ4v) is 2.45. The van der Waals surface area contributed by atoms with E-state index < -0.39 is 24.2 Å². The zero-order chi connectivity index (χ0) is 17.0. The SMILES string of the molecule is COc1ccc(C(=O)COC(=O)c2cc(F)ccc2Br)cc1Cl. The van der Waals surface area contributed by atoms with Gasteiger partial charge in [-0.2, -0.15) is 0 Å². The molecule has 2 aromatic rings. The molecule has 2 rings (SSSR count). The number of methoxy groups -OCH3 is 1. The van der Waals surface area contributed by atoms with Gasteiger partial charge in [0.25, 0.3) is 0 Å². The van der Waals surface area contributed by atoms with Gasteiger partial charge in [0.15, 0.2) is 12.4 Å². The summed E-state index contributed by atoms with van der Waals surface area (Å²) in [7, 11) is 1.46. The lowest BCUT2D eigenvalue weighted by atomic mass is 10.1. The Labute approximate surface area is 145 Å². The van der Waals surface area contributed by atoms with Gasteiger partial charge in [0.2, 0.25) is 0 Å². The van der Waals surface area contributed by atoms with Crippen molar-refractivity contribution in [2.75, 3.05) is 13.7 Å². The monoisotopic (exact) mass is 400 g/mol. The van der Waals surface area contributed by atoms with Gasteiger partial charge in [0.05, 0.1) is 17.7 Å². The second-order valence-corrected chi connectivity index (χ2v) is 5.73. The van der Waals surface area contributed by atoms with E-state index in [0.29, 0.717) is 10.2 Å². The number of rotatable bonds is 5. The quantitative estimate of drug-likeness (QED) is 0.554. The zero-order valence-corrected chi connectivity index (χ0v) is 14.3. The molecule has 0 heterocycles. The van der Waals surface area contributed by atoms with Crippen LogP contribution in [-0.4, -0.2) is 25.5 Å². The van der Waals surface area contributed by atoms with Crippen LogP contribution < -0.4 is 4.74 Å². The third kappa shape index (κ3) is 4.30. The van der Waals surface area contributed by atoms with Crippen molar-refractivity contribution in [3.8, 4) is 5.75 Å². The number of carbonyl (C=O) groups is 2. The highest BCUT2D eigenvalue weighted by Crippen LogP contribution is 2.25. The molecule has 0 aliphatic carbocycles. The van der Waals surface area contributed by atoms with E-state index in [4.69, 9.17) is 21.1 Å². The molecule has 0 saturated heterocycles. The summed E-state index contributed by atoms with van der Waals surface area (Å²) >= 11 is 9.06. The number of benzene rings is 2. The third-order valence-electron chi connectivity index (χ3n) is 2.96. The Balaban J connectivity index is 2.05. The molecule has 0 unspecified atom stereocenters. The Morgan fingerprint density at radius 3 is 2.61 bits per heavy atom. The van der Waals surface area contributed by atoms with Crippen LogP contribution in [0.2, 0.25) is 5.02 Å². The maximum absolute atomic E-state index is 13.2. The van der Waals surface area contributed by atoms with E-state index in [1.165, 1.54) is 31.4 Å². The lowest BCUT2D eigenvalue weighted by Gasteiger charge is -2.07. The van der Waals surface area contributed by atoms with Crippen molar-refractivity contribution in [2.45, 2.75) is 0 Å². The van der Waals surface area contributed by atoms with Gasteiger partial charge in [-0.15, -0.1) is 0 Å². The molecule has 23 heavy (non-hydrogen) atoms. The molecular weight excluding hydrogens is 391 g/mol. The van der Waals surface area contributed by atoms with Crippen molar-refractivity contribution in [2.24, 2.45) is 0 Å². The predicted molar refractivity (Wildman–Crippen MR) is 86.7 cm³/mol. The Hall–Kier alpha value is -1.92. The maximum Gasteiger partial charge on any atom is 0.339 e. The Morgan fingerprint density at radius 2 is 1.96 bits per heavy atom. The minimum absolute atomic E-state index is 0.00515. The van der Waals surface area contributed by atoms with E-state index in [1.807, 2.05) is 0 Å². The van der Waals surface area contributed by atoms with E-state index >= 15 is 0 Å². The van der Waals surface area contributed by atoms with Gasteiger partial charge in [0.1, 0.15) is 11.6 Å². The average molecular weight is 402 g/mol. The number of ketones is 1. The summed E-state index contributed by atoms with van der Waals surface area (Å²) in [6.45, 7) is -0.482. The normalized spacial score (nSPS) is 10.3. The van der Waals surface area contributed by atoms with Crippen LogP contribution in [0, 0.1) is 5.82 Å². The fraction of sp³-hybridized carbons (Fsp3) is 0.125. The first-order valence-electron chi connectivity index (χ1n) is 6.41. The number of carbonyl (C=O) groups excluding carboxylic acids is 2. The molecule has 0 aliphatic heterocycles. The number of esters is 1. The molecule has 2 aromatic carbocycles. The van der Waals surface area contributed by atoms with Crippen molar-refractivity contribution >= 4 is 39.3 Å². The predicted octanol–water partition coefficient (Wildman–Crippen LogP) is 4.29. The zero-order valence-electron chi connectivity index (χ0n) is 11.9. The van der Waals surface area contributed by atoms with Crippen LogP contribution in [-0.2, 0) is 4.74 Å². The molecule has 0 aliphatic rings.